The number of unbranched alkanes of at least 4 members (excludes halogenated alkanes) is 2. The number of aryl methyl sites for hydroxylation is 3. The van der Waals surface area contributed by atoms with Gasteiger partial charge in [0.25, 0.3) is 0 Å². The molecule has 1 unspecified atom stereocenters. The molecule has 0 aliphatic heterocycles. The summed E-state index contributed by atoms with van der Waals surface area (Å²) in [5.41, 5.74) is 3.43. The van der Waals surface area contributed by atoms with E-state index in [1.165, 1.54) is 5.56 Å². The number of carbonyl (C=O) groups is 2. The Balaban J connectivity index is 2.58. The van der Waals surface area contributed by atoms with Crippen LogP contribution in [0.5, 0.6) is 0 Å². The first-order valence-electron chi connectivity index (χ1n) is 9.05. The van der Waals surface area contributed by atoms with Gasteiger partial charge in [0, 0.05) is 12.0 Å². The first kappa shape index (κ1) is 20.4. The van der Waals surface area contributed by atoms with Crippen molar-refractivity contribution in [2.75, 3.05) is 0 Å². The maximum Gasteiger partial charge on any atom is 0.309 e. The van der Waals surface area contributed by atoms with Gasteiger partial charge in [0.1, 0.15) is 0 Å². The van der Waals surface area contributed by atoms with Crippen LogP contribution in [0.15, 0.2) is 12.1 Å². The standard InChI is InChI=1S/C21H32O3/c1-6-7-11-21(5,20(23)24)12-9-8-10-18(22)19-16(3)13-15(2)14-17(19)4/h13-14H,6-12H2,1-5H3,(H,23,24). The van der Waals surface area contributed by atoms with Gasteiger partial charge in [0.15, 0.2) is 5.78 Å². The van der Waals surface area contributed by atoms with Crippen LogP contribution in [0, 0.1) is 26.2 Å². The van der Waals surface area contributed by atoms with Gasteiger partial charge in [0.2, 0.25) is 0 Å². The maximum atomic E-state index is 12.5. The minimum absolute atomic E-state index is 0.176. The number of rotatable bonds is 10. The Bertz CT molecular complexity index is 566. The maximum absolute atomic E-state index is 12.5. The summed E-state index contributed by atoms with van der Waals surface area (Å²) >= 11 is 0. The van der Waals surface area contributed by atoms with E-state index in [0.717, 1.165) is 42.4 Å². The van der Waals surface area contributed by atoms with Gasteiger partial charge in [-0.3, -0.25) is 9.59 Å². The highest BCUT2D eigenvalue weighted by molar-refractivity contribution is 5.98. The summed E-state index contributed by atoms with van der Waals surface area (Å²) in [5, 5.41) is 9.48. The summed E-state index contributed by atoms with van der Waals surface area (Å²) in [6, 6.07) is 4.10. The lowest BCUT2D eigenvalue weighted by Gasteiger charge is -2.24. The molecule has 0 spiro atoms. The monoisotopic (exact) mass is 332 g/mol. The molecule has 0 fully saturated rings. The van der Waals surface area contributed by atoms with Crippen molar-refractivity contribution in [1.82, 2.24) is 0 Å². The molecule has 0 saturated heterocycles. The highest BCUT2D eigenvalue weighted by atomic mass is 16.4. The molecule has 3 heteroatoms. The van der Waals surface area contributed by atoms with Gasteiger partial charge in [-0.05, 0) is 58.1 Å². The van der Waals surface area contributed by atoms with Gasteiger partial charge >= 0.3 is 5.97 Å². The average molecular weight is 332 g/mol. The zero-order chi connectivity index (χ0) is 18.3. The van der Waals surface area contributed by atoms with Gasteiger partial charge in [0.05, 0.1) is 5.41 Å². The zero-order valence-corrected chi connectivity index (χ0v) is 15.9. The topological polar surface area (TPSA) is 54.4 Å². The molecular formula is C21H32O3. The molecule has 24 heavy (non-hydrogen) atoms. The van der Waals surface area contributed by atoms with Crippen LogP contribution >= 0.6 is 0 Å². The number of benzene rings is 1. The fourth-order valence-electron chi connectivity index (χ4n) is 3.45. The molecule has 1 atom stereocenters. The summed E-state index contributed by atoms with van der Waals surface area (Å²) in [7, 11) is 0. The van der Waals surface area contributed by atoms with E-state index in [2.05, 4.69) is 6.92 Å². The van der Waals surface area contributed by atoms with Gasteiger partial charge < -0.3 is 5.11 Å². The SMILES string of the molecule is CCCCC(C)(CCCCC(=O)c1c(C)cc(C)cc1C)C(=O)O. The normalized spacial score (nSPS) is 13.5. The molecule has 0 aliphatic rings. The molecule has 1 aromatic carbocycles. The number of carboxylic acid groups (broad SMARTS) is 1. The number of aliphatic carboxylic acids is 1. The van der Waals surface area contributed by atoms with E-state index in [1.54, 1.807) is 0 Å². The quantitative estimate of drug-likeness (QED) is 0.446. The van der Waals surface area contributed by atoms with E-state index >= 15 is 0 Å². The number of Topliss-reactive ketones (excluding diaryl/α,β-unsaturated/α-hetero) is 1. The second kappa shape index (κ2) is 9.00. The first-order chi connectivity index (χ1) is 11.2. The largest absolute Gasteiger partial charge is 0.481 e. The van der Waals surface area contributed by atoms with Crippen LogP contribution in [0.3, 0.4) is 0 Å². The second-order valence-corrected chi connectivity index (χ2v) is 7.37. The average Bonchev–Trinajstić information content (AvgIpc) is 2.48. The van der Waals surface area contributed by atoms with Crippen LogP contribution in [0.2, 0.25) is 0 Å². The van der Waals surface area contributed by atoms with Gasteiger partial charge in [-0.25, -0.2) is 0 Å². The number of hydrogen-bond acceptors (Lipinski definition) is 2. The van der Waals surface area contributed by atoms with E-state index < -0.39 is 11.4 Å². The van der Waals surface area contributed by atoms with Crippen molar-refractivity contribution in [3.63, 3.8) is 0 Å². The van der Waals surface area contributed by atoms with Crippen LogP contribution in [-0.2, 0) is 4.79 Å². The number of carboxylic acids is 1. The Kier molecular flexibility index (Phi) is 7.65. The van der Waals surface area contributed by atoms with Crippen molar-refractivity contribution >= 4 is 11.8 Å². The van der Waals surface area contributed by atoms with Gasteiger partial charge in [-0.15, -0.1) is 0 Å². The highest BCUT2D eigenvalue weighted by Gasteiger charge is 2.31. The van der Waals surface area contributed by atoms with Crippen LogP contribution in [0.1, 0.15) is 85.8 Å². The summed E-state index contributed by atoms with van der Waals surface area (Å²) in [6.07, 6.45) is 5.32. The Morgan fingerprint density at radius 1 is 1.00 bits per heavy atom. The molecule has 0 heterocycles. The Labute approximate surface area is 146 Å². The highest BCUT2D eigenvalue weighted by Crippen LogP contribution is 2.31. The zero-order valence-electron chi connectivity index (χ0n) is 15.9. The molecule has 0 saturated carbocycles. The predicted octanol–water partition coefficient (Wildman–Crippen LogP) is 5.64. The molecule has 0 bridgehead atoms. The first-order valence-corrected chi connectivity index (χ1v) is 9.05. The third-order valence-electron chi connectivity index (χ3n) is 4.94. The van der Waals surface area contributed by atoms with Crippen molar-refractivity contribution in [3.05, 3.63) is 34.4 Å². The van der Waals surface area contributed by atoms with E-state index in [1.807, 2.05) is 39.8 Å². The fraction of sp³-hybridized carbons (Fsp3) is 0.619. The lowest BCUT2D eigenvalue weighted by atomic mass is 9.80. The van der Waals surface area contributed by atoms with E-state index in [4.69, 9.17) is 0 Å². The third kappa shape index (κ3) is 5.47. The lowest BCUT2D eigenvalue weighted by molar-refractivity contribution is -0.149. The van der Waals surface area contributed by atoms with Crippen LogP contribution in [0.25, 0.3) is 0 Å². The second-order valence-electron chi connectivity index (χ2n) is 7.37. The number of hydrogen-bond donors (Lipinski definition) is 1. The van der Waals surface area contributed by atoms with Crippen LogP contribution in [-0.4, -0.2) is 16.9 Å². The summed E-state index contributed by atoms with van der Waals surface area (Å²) in [6.45, 7) is 9.92. The molecule has 1 rings (SSSR count). The third-order valence-corrected chi connectivity index (χ3v) is 4.94. The summed E-state index contributed by atoms with van der Waals surface area (Å²) in [5.74, 6) is -0.539. The molecular weight excluding hydrogens is 300 g/mol. The van der Waals surface area contributed by atoms with E-state index in [9.17, 15) is 14.7 Å². The minimum Gasteiger partial charge on any atom is -0.481 e. The minimum atomic E-state index is -0.715. The van der Waals surface area contributed by atoms with Crippen molar-refractivity contribution in [3.8, 4) is 0 Å². The Morgan fingerprint density at radius 2 is 1.54 bits per heavy atom. The van der Waals surface area contributed by atoms with E-state index in [0.29, 0.717) is 19.3 Å². The molecule has 0 radical (unpaired) electrons. The van der Waals surface area contributed by atoms with Gasteiger partial charge in [-0.2, -0.15) is 0 Å². The molecule has 3 nitrogen and oxygen atoms in total. The van der Waals surface area contributed by atoms with E-state index in [-0.39, 0.29) is 5.78 Å². The van der Waals surface area contributed by atoms with Gasteiger partial charge in [-0.1, -0.05) is 43.9 Å². The molecule has 0 aromatic heterocycles. The van der Waals surface area contributed by atoms with Crippen molar-refractivity contribution in [2.24, 2.45) is 5.41 Å². The lowest BCUT2D eigenvalue weighted by Crippen LogP contribution is -2.27. The Hall–Kier alpha value is -1.64. The van der Waals surface area contributed by atoms with Crippen molar-refractivity contribution < 1.29 is 14.7 Å². The summed E-state index contributed by atoms with van der Waals surface area (Å²) < 4.78 is 0. The Morgan fingerprint density at radius 3 is 2.04 bits per heavy atom. The molecule has 1 aromatic rings. The summed E-state index contributed by atoms with van der Waals surface area (Å²) in [4.78, 5) is 24.0. The predicted molar refractivity (Wildman–Crippen MR) is 98.7 cm³/mol. The van der Waals surface area contributed by atoms with Crippen LogP contribution in [0.4, 0.5) is 0 Å². The fourth-order valence-corrected chi connectivity index (χ4v) is 3.45. The molecule has 0 amide bonds. The number of carbonyl (C=O) groups excluding carboxylic acids is 1. The van der Waals surface area contributed by atoms with Crippen LogP contribution < -0.4 is 0 Å². The molecule has 134 valence electrons. The molecule has 1 N–H and O–H groups in total. The smallest absolute Gasteiger partial charge is 0.309 e. The van der Waals surface area contributed by atoms with Crippen molar-refractivity contribution in [2.45, 2.75) is 79.6 Å². The molecule has 0 aliphatic carbocycles. The number of ketones is 1. The van der Waals surface area contributed by atoms with Crippen molar-refractivity contribution in [1.29, 1.82) is 0 Å².